The standard InChI is InChI=1S/C8H14BrN3O/c9-7(10)1-2-8(11)12-4-3-6(13)5-12/h1-2,6,13H,3-5,10-11H2/p+1/b7-1-,8-2+/t6-/m1/s1. The Labute approximate surface area is 86.0 Å². The molecule has 1 atom stereocenters. The third-order valence-electron chi connectivity index (χ3n) is 2.00. The number of rotatable bonds is 2. The number of hydrogen-bond acceptors (Lipinski definition) is 3. The molecule has 1 aliphatic heterocycles. The summed E-state index contributed by atoms with van der Waals surface area (Å²) in [5.41, 5.74) is 9.29. The van der Waals surface area contributed by atoms with Crippen LogP contribution in [0.4, 0.5) is 0 Å². The quantitative estimate of drug-likeness (QED) is 0.448. The topological polar surface area (TPSA) is 77.1 Å². The molecule has 0 amide bonds. The molecule has 1 fully saturated rings. The van der Waals surface area contributed by atoms with E-state index >= 15 is 0 Å². The summed E-state index contributed by atoms with van der Waals surface area (Å²) in [4.78, 5) is 2.04. The number of likely N-dealkylation sites (tertiary alicyclic amines) is 1. The van der Waals surface area contributed by atoms with Gasteiger partial charge < -0.3 is 21.5 Å². The third kappa shape index (κ3) is 3.38. The van der Waals surface area contributed by atoms with E-state index in [0.29, 0.717) is 11.2 Å². The summed E-state index contributed by atoms with van der Waals surface area (Å²) in [6.07, 6.45) is 4.19. The number of nitrogens with two attached hydrogens (primary N) is 1. The first kappa shape index (κ1) is 10.6. The minimum atomic E-state index is -0.213. The van der Waals surface area contributed by atoms with Gasteiger partial charge >= 0.3 is 0 Å². The van der Waals surface area contributed by atoms with Gasteiger partial charge in [0.15, 0.2) is 5.82 Å². The van der Waals surface area contributed by atoms with Gasteiger partial charge in [-0.2, -0.15) is 0 Å². The molecular formula is C8H15BrN3O+. The number of aliphatic hydroxyl groups is 1. The Morgan fingerprint density at radius 1 is 1.62 bits per heavy atom. The highest BCUT2D eigenvalue weighted by atomic mass is 79.9. The molecule has 0 aromatic carbocycles. The van der Waals surface area contributed by atoms with E-state index in [1.165, 1.54) is 0 Å². The Bertz CT molecular complexity index is 236. The molecule has 0 unspecified atom stereocenters. The molecule has 0 saturated carbocycles. The summed E-state index contributed by atoms with van der Waals surface area (Å²) < 4.78 is 0.577. The molecule has 0 aliphatic carbocycles. The van der Waals surface area contributed by atoms with Crippen molar-refractivity contribution in [2.45, 2.75) is 12.5 Å². The fourth-order valence-electron chi connectivity index (χ4n) is 1.28. The van der Waals surface area contributed by atoms with Crippen molar-refractivity contribution < 1.29 is 10.8 Å². The van der Waals surface area contributed by atoms with Crippen LogP contribution in [0.1, 0.15) is 6.42 Å². The molecule has 6 N–H and O–H groups in total. The van der Waals surface area contributed by atoms with Crippen LogP contribution in [0, 0.1) is 0 Å². The number of allylic oxidation sites excluding steroid dienone is 2. The van der Waals surface area contributed by atoms with Crippen molar-refractivity contribution >= 4 is 15.9 Å². The van der Waals surface area contributed by atoms with Crippen LogP contribution in [0.5, 0.6) is 0 Å². The zero-order valence-corrected chi connectivity index (χ0v) is 9.00. The highest BCUT2D eigenvalue weighted by Gasteiger charge is 2.21. The number of quaternary nitrogens is 1. The van der Waals surface area contributed by atoms with Gasteiger partial charge in [0, 0.05) is 19.2 Å². The van der Waals surface area contributed by atoms with Crippen molar-refractivity contribution in [3.63, 3.8) is 0 Å². The molecule has 5 heteroatoms. The summed E-state index contributed by atoms with van der Waals surface area (Å²) >= 11 is 3.12. The van der Waals surface area contributed by atoms with Gasteiger partial charge in [-0.1, -0.05) is 0 Å². The van der Waals surface area contributed by atoms with E-state index in [1.807, 2.05) is 11.0 Å². The van der Waals surface area contributed by atoms with Crippen molar-refractivity contribution in [3.05, 3.63) is 22.6 Å². The van der Waals surface area contributed by atoms with Gasteiger partial charge in [0.05, 0.1) is 10.7 Å². The molecular weight excluding hydrogens is 234 g/mol. The fourth-order valence-corrected chi connectivity index (χ4v) is 1.42. The molecule has 4 nitrogen and oxygen atoms in total. The van der Waals surface area contributed by atoms with Crippen LogP contribution in [0.25, 0.3) is 0 Å². The van der Waals surface area contributed by atoms with E-state index < -0.39 is 0 Å². The van der Waals surface area contributed by atoms with Gasteiger partial charge in [0.25, 0.3) is 0 Å². The van der Waals surface area contributed by atoms with E-state index in [2.05, 4.69) is 21.7 Å². The minimum absolute atomic E-state index is 0.213. The maximum absolute atomic E-state index is 9.28. The van der Waals surface area contributed by atoms with Gasteiger partial charge in [-0.25, -0.2) is 0 Å². The monoisotopic (exact) mass is 248 g/mol. The molecule has 0 spiro atoms. The maximum atomic E-state index is 9.28. The molecule has 0 aromatic heterocycles. The van der Waals surface area contributed by atoms with Gasteiger partial charge in [-0.15, -0.1) is 0 Å². The molecule has 74 valence electrons. The van der Waals surface area contributed by atoms with Crippen molar-refractivity contribution in [1.82, 2.24) is 4.90 Å². The van der Waals surface area contributed by atoms with Crippen LogP contribution in [0.15, 0.2) is 22.6 Å². The second kappa shape index (κ2) is 4.64. The number of nitrogens with zero attached hydrogens (tertiary/aromatic N) is 1. The lowest BCUT2D eigenvalue weighted by molar-refractivity contribution is -0.331. The first-order chi connectivity index (χ1) is 6.09. The lowest BCUT2D eigenvalue weighted by Crippen LogP contribution is -2.55. The number of aliphatic hydroxyl groups excluding tert-OH is 1. The molecule has 1 heterocycles. The first-order valence-corrected chi connectivity index (χ1v) is 4.97. The fraction of sp³-hybridized carbons (Fsp3) is 0.500. The molecule has 1 aliphatic rings. The molecule has 1 rings (SSSR count). The lowest BCUT2D eigenvalue weighted by Gasteiger charge is -2.13. The minimum Gasteiger partial charge on any atom is -0.393 e. The lowest BCUT2D eigenvalue weighted by atomic mass is 10.3. The highest BCUT2D eigenvalue weighted by Crippen LogP contribution is 2.11. The van der Waals surface area contributed by atoms with Crippen LogP contribution >= 0.6 is 15.9 Å². The average molecular weight is 249 g/mol. The molecule has 0 radical (unpaired) electrons. The summed E-state index contributed by atoms with van der Waals surface area (Å²) in [6, 6.07) is 0. The van der Waals surface area contributed by atoms with E-state index in [9.17, 15) is 5.11 Å². The average Bonchev–Trinajstić information content (AvgIpc) is 2.47. The van der Waals surface area contributed by atoms with Crippen LogP contribution in [0.2, 0.25) is 0 Å². The van der Waals surface area contributed by atoms with Crippen LogP contribution in [-0.2, 0) is 0 Å². The predicted molar refractivity (Wildman–Crippen MR) is 54.4 cm³/mol. The summed E-state index contributed by atoms with van der Waals surface area (Å²) in [5.74, 6) is 0.888. The summed E-state index contributed by atoms with van der Waals surface area (Å²) in [5, 5.41) is 9.28. The number of halogens is 1. The summed E-state index contributed by atoms with van der Waals surface area (Å²) in [7, 11) is 0. The van der Waals surface area contributed by atoms with Gasteiger partial charge in [-0.3, -0.25) is 0 Å². The maximum Gasteiger partial charge on any atom is 0.199 e. The Morgan fingerprint density at radius 2 is 2.31 bits per heavy atom. The van der Waals surface area contributed by atoms with E-state index in [-0.39, 0.29) is 6.10 Å². The van der Waals surface area contributed by atoms with Crippen molar-refractivity contribution in [3.8, 4) is 0 Å². The normalized spacial score (nSPS) is 25.5. The largest absolute Gasteiger partial charge is 0.393 e. The van der Waals surface area contributed by atoms with Crippen LogP contribution in [0.3, 0.4) is 0 Å². The molecule has 0 aromatic rings. The Morgan fingerprint density at radius 3 is 2.77 bits per heavy atom. The van der Waals surface area contributed by atoms with E-state index in [4.69, 9.17) is 5.73 Å². The second-order valence-electron chi connectivity index (χ2n) is 3.10. The Hall–Kier alpha value is -0.520. The molecule has 0 bridgehead atoms. The Kier molecular flexibility index (Phi) is 3.77. The Balaban J connectivity index is 2.52. The van der Waals surface area contributed by atoms with Gasteiger partial charge in [0.2, 0.25) is 0 Å². The molecule has 13 heavy (non-hydrogen) atoms. The first-order valence-electron chi connectivity index (χ1n) is 4.17. The van der Waals surface area contributed by atoms with Gasteiger partial charge in [0.1, 0.15) is 0 Å². The smallest absolute Gasteiger partial charge is 0.199 e. The number of hydrogen-bond donors (Lipinski definition) is 3. The van der Waals surface area contributed by atoms with Crippen LogP contribution in [-0.4, -0.2) is 29.2 Å². The predicted octanol–water partition coefficient (Wildman–Crippen LogP) is -0.669. The third-order valence-corrected chi connectivity index (χ3v) is 2.27. The highest BCUT2D eigenvalue weighted by molar-refractivity contribution is 9.11. The van der Waals surface area contributed by atoms with E-state index in [1.54, 1.807) is 6.08 Å². The summed E-state index contributed by atoms with van der Waals surface area (Å²) in [6.45, 7) is 1.54. The zero-order valence-electron chi connectivity index (χ0n) is 7.41. The number of β-amino-alcohol motifs (C(OH)–C–C–N with tert-alkyl or cyclic N) is 1. The second-order valence-corrected chi connectivity index (χ2v) is 4.01. The SMILES string of the molecule is N/C(Br)=C\C=C(/[NH3+])N1CC[C@@H](O)C1. The zero-order chi connectivity index (χ0) is 9.84. The van der Waals surface area contributed by atoms with E-state index in [0.717, 1.165) is 18.8 Å². The van der Waals surface area contributed by atoms with Crippen molar-refractivity contribution in [2.75, 3.05) is 13.1 Å². The van der Waals surface area contributed by atoms with Gasteiger partial charge in [-0.05, 0) is 28.4 Å². The van der Waals surface area contributed by atoms with Crippen molar-refractivity contribution in [2.24, 2.45) is 5.73 Å². The van der Waals surface area contributed by atoms with Crippen LogP contribution < -0.4 is 11.5 Å². The van der Waals surface area contributed by atoms with Crippen molar-refractivity contribution in [1.29, 1.82) is 0 Å². The molecule has 1 saturated heterocycles.